The number of nitrogens with zero attached hydrogens (tertiary/aromatic N) is 2. The lowest BCUT2D eigenvalue weighted by atomic mass is 10.3. The van der Waals surface area contributed by atoms with Crippen LogP contribution in [0.5, 0.6) is 0 Å². The topological polar surface area (TPSA) is 55.1 Å². The molecule has 0 saturated carbocycles. The number of carboxylic acid groups (broad SMARTS) is 1. The van der Waals surface area contributed by atoms with E-state index in [4.69, 9.17) is 16.7 Å². The molecule has 1 aromatic heterocycles. The molecule has 4 nitrogen and oxygen atoms in total. The van der Waals surface area contributed by atoms with E-state index in [2.05, 4.69) is 11.7 Å². The summed E-state index contributed by atoms with van der Waals surface area (Å²) in [5.41, 5.74) is 1.26. The highest BCUT2D eigenvalue weighted by Crippen LogP contribution is 2.22. The second kappa shape index (κ2) is 3.84. The normalized spacial score (nSPS) is 12.5. The molecule has 0 aliphatic rings. The number of hydrogen-bond acceptors (Lipinski definition) is 2. The van der Waals surface area contributed by atoms with Crippen LogP contribution in [0.2, 0.25) is 5.02 Å². The van der Waals surface area contributed by atoms with Crippen molar-refractivity contribution in [1.82, 2.24) is 9.78 Å². The summed E-state index contributed by atoms with van der Waals surface area (Å²) < 4.78 is 1.35. The van der Waals surface area contributed by atoms with Crippen LogP contribution in [-0.2, 0) is 4.79 Å². The monoisotopic (exact) mass is 214 g/mol. The Bertz CT molecular complexity index is 384. The molecule has 14 heavy (non-hydrogen) atoms. The van der Waals surface area contributed by atoms with Gasteiger partial charge >= 0.3 is 5.97 Å². The smallest absolute Gasteiger partial charge is 0.332 e. The van der Waals surface area contributed by atoms with Crippen molar-refractivity contribution in [3.8, 4) is 0 Å². The van der Waals surface area contributed by atoms with Gasteiger partial charge in [0.1, 0.15) is 0 Å². The Kier molecular flexibility index (Phi) is 2.96. The molecule has 1 aromatic rings. The maximum absolute atomic E-state index is 10.8. The van der Waals surface area contributed by atoms with E-state index < -0.39 is 12.0 Å². The van der Waals surface area contributed by atoms with E-state index >= 15 is 0 Å². The van der Waals surface area contributed by atoms with E-state index in [0.29, 0.717) is 16.4 Å². The summed E-state index contributed by atoms with van der Waals surface area (Å²) in [6.45, 7) is 6.91. The molecule has 0 amide bonds. The molecule has 1 N–H and O–H groups in total. The lowest BCUT2D eigenvalue weighted by molar-refractivity contribution is -0.139. The summed E-state index contributed by atoms with van der Waals surface area (Å²) in [5.74, 6) is -0.998. The van der Waals surface area contributed by atoms with Gasteiger partial charge in [-0.2, -0.15) is 5.10 Å². The average molecular weight is 215 g/mol. The van der Waals surface area contributed by atoms with Gasteiger partial charge in [0, 0.05) is 0 Å². The molecule has 0 saturated heterocycles. The van der Waals surface area contributed by atoms with Crippen LogP contribution < -0.4 is 0 Å². The Labute approximate surface area is 86.8 Å². The Hall–Kier alpha value is -1.29. The molecule has 0 fully saturated rings. The fourth-order valence-corrected chi connectivity index (χ4v) is 1.34. The summed E-state index contributed by atoms with van der Waals surface area (Å²) in [6.07, 6.45) is 1.32. The molecule has 5 heteroatoms. The lowest BCUT2D eigenvalue weighted by Gasteiger charge is -2.09. The van der Waals surface area contributed by atoms with Gasteiger partial charge in [-0.15, -0.1) is 6.58 Å². The number of rotatable bonds is 3. The minimum atomic E-state index is -0.998. The highest BCUT2D eigenvalue weighted by atomic mass is 35.5. The molecule has 0 spiro atoms. The first-order valence-corrected chi connectivity index (χ1v) is 4.43. The van der Waals surface area contributed by atoms with Crippen molar-refractivity contribution in [1.29, 1.82) is 0 Å². The van der Waals surface area contributed by atoms with E-state index in [0.717, 1.165) is 0 Å². The van der Waals surface area contributed by atoms with Crippen molar-refractivity contribution in [3.05, 3.63) is 29.1 Å². The second-order valence-electron chi connectivity index (χ2n) is 2.95. The van der Waals surface area contributed by atoms with Gasteiger partial charge in [-0.3, -0.25) is 0 Å². The zero-order chi connectivity index (χ0) is 10.9. The van der Waals surface area contributed by atoms with Gasteiger partial charge in [-0.25, -0.2) is 9.48 Å². The molecule has 0 bridgehead atoms. The van der Waals surface area contributed by atoms with Gasteiger partial charge in [0.05, 0.1) is 16.4 Å². The fourth-order valence-electron chi connectivity index (χ4n) is 1.22. The Morgan fingerprint density at radius 3 is 2.57 bits per heavy atom. The van der Waals surface area contributed by atoms with Crippen LogP contribution in [0.1, 0.15) is 17.4 Å². The van der Waals surface area contributed by atoms with Crippen LogP contribution in [-0.4, -0.2) is 20.9 Å². The minimum absolute atomic E-state index is 0.498. The van der Waals surface area contributed by atoms with Gasteiger partial charge in [0.15, 0.2) is 6.04 Å². The van der Waals surface area contributed by atoms with E-state index in [1.54, 1.807) is 13.8 Å². The molecule has 1 unspecified atom stereocenters. The van der Waals surface area contributed by atoms with Crippen molar-refractivity contribution in [2.45, 2.75) is 19.9 Å². The second-order valence-corrected chi connectivity index (χ2v) is 3.33. The van der Waals surface area contributed by atoms with Crippen molar-refractivity contribution in [3.63, 3.8) is 0 Å². The average Bonchev–Trinajstić information content (AvgIpc) is 2.35. The van der Waals surface area contributed by atoms with E-state index in [1.807, 2.05) is 0 Å². The minimum Gasteiger partial charge on any atom is -0.479 e. The fraction of sp³-hybridized carbons (Fsp3) is 0.333. The predicted octanol–water partition coefficient (Wildman–Crippen LogP) is 1.97. The van der Waals surface area contributed by atoms with Gasteiger partial charge in [-0.05, 0) is 13.8 Å². The first-order valence-electron chi connectivity index (χ1n) is 4.05. The summed E-state index contributed by atoms with van der Waals surface area (Å²) in [5, 5.41) is 13.4. The summed E-state index contributed by atoms with van der Waals surface area (Å²) in [4.78, 5) is 10.8. The summed E-state index contributed by atoms with van der Waals surface area (Å²) in [7, 11) is 0. The van der Waals surface area contributed by atoms with Gasteiger partial charge in [-0.1, -0.05) is 17.7 Å². The van der Waals surface area contributed by atoms with Crippen LogP contribution in [0, 0.1) is 13.8 Å². The highest BCUT2D eigenvalue weighted by molar-refractivity contribution is 6.31. The number of aliphatic carboxylic acids is 1. The maximum atomic E-state index is 10.8. The zero-order valence-electron chi connectivity index (χ0n) is 7.99. The number of carbonyl (C=O) groups is 1. The maximum Gasteiger partial charge on any atom is 0.332 e. The molecular weight excluding hydrogens is 204 g/mol. The SMILES string of the molecule is C=CC(C(=O)O)n1nc(C)c(Cl)c1C. The zero-order valence-corrected chi connectivity index (χ0v) is 8.75. The van der Waals surface area contributed by atoms with Crippen molar-refractivity contribution >= 4 is 17.6 Å². The van der Waals surface area contributed by atoms with Gasteiger partial charge in [0.25, 0.3) is 0 Å². The van der Waals surface area contributed by atoms with Crippen LogP contribution in [0.25, 0.3) is 0 Å². The Morgan fingerprint density at radius 2 is 2.29 bits per heavy atom. The Morgan fingerprint density at radius 1 is 1.71 bits per heavy atom. The molecular formula is C9H11ClN2O2. The quantitative estimate of drug-likeness (QED) is 0.783. The van der Waals surface area contributed by atoms with Gasteiger partial charge < -0.3 is 5.11 Å². The third kappa shape index (κ3) is 1.65. The lowest BCUT2D eigenvalue weighted by Crippen LogP contribution is -2.19. The molecule has 1 rings (SSSR count). The van der Waals surface area contributed by atoms with Crippen LogP contribution >= 0.6 is 11.6 Å². The third-order valence-corrected chi connectivity index (χ3v) is 2.52. The number of aromatic nitrogens is 2. The first-order chi connectivity index (χ1) is 6.49. The van der Waals surface area contributed by atoms with Crippen LogP contribution in [0.15, 0.2) is 12.7 Å². The molecule has 0 aliphatic carbocycles. The predicted molar refractivity (Wildman–Crippen MR) is 53.6 cm³/mol. The molecule has 0 aliphatic heterocycles. The van der Waals surface area contributed by atoms with E-state index in [-0.39, 0.29) is 0 Å². The van der Waals surface area contributed by atoms with Crippen LogP contribution in [0.3, 0.4) is 0 Å². The van der Waals surface area contributed by atoms with Crippen molar-refractivity contribution in [2.24, 2.45) is 0 Å². The van der Waals surface area contributed by atoms with E-state index in [1.165, 1.54) is 10.8 Å². The summed E-state index contributed by atoms with van der Waals surface area (Å²) >= 11 is 5.89. The van der Waals surface area contributed by atoms with E-state index in [9.17, 15) is 4.79 Å². The first kappa shape index (κ1) is 10.8. The molecule has 1 atom stereocenters. The molecule has 1 heterocycles. The number of aryl methyl sites for hydroxylation is 1. The van der Waals surface area contributed by atoms with Crippen LogP contribution in [0.4, 0.5) is 0 Å². The molecule has 0 radical (unpaired) electrons. The summed E-state index contributed by atoms with van der Waals surface area (Å²) in [6, 6.07) is -0.860. The van der Waals surface area contributed by atoms with Crippen molar-refractivity contribution < 1.29 is 9.90 Å². The molecule has 76 valence electrons. The standard InChI is InChI=1S/C9H11ClN2O2/c1-4-7(9(13)14)12-6(3)8(10)5(2)11-12/h4,7H,1H2,2-3H3,(H,13,14). The number of carboxylic acids is 1. The molecule has 0 aromatic carbocycles. The largest absolute Gasteiger partial charge is 0.479 e. The third-order valence-electron chi connectivity index (χ3n) is 1.98. The van der Waals surface area contributed by atoms with Crippen molar-refractivity contribution in [2.75, 3.05) is 0 Å². The van der Waals surface area contributed by atoms with Gasteiger partial charge in [0.2, 0.25) is 0 Å². The highest BCUT2D eigenvalue weighted by Gasteiger charge is 2.20. The Balaban J connectivity index is 3.24. The number of halogens is 1. The number of hydrogen-bond donors (Lipinski definition) is 1.